The van der Waals surface area contributed by atoms with Crippen LogP contribution in [0.4, 0.5) is 10.7 Å². The number of fused-ring (bicyclic) bond motifs is 1. The Morgan fingerprint density at radius 2 is 1.63 bits per heavy atom. The molecule has 0 aliphatic carbocycles. The van der Waals surface area contributed by atoms with E-state index in [4.69, 9.17) is 15.2 Å². The topological polar surface area (TPSA) is 298 Å². The van der Waals surface area contributed by atoms with Gasteiger partial charge in [0.25, 0.3) is 17.4 Å². The third-order valence-corrected chi connectivity index (χ3v) is 9.86. The number of nitrogen functional groups attached to an aromatic ring is 1. The SMILES string of the molecule is CC(OC(=O)C(C)OC(=O)NC1CC(C)(C)N(O)C(C)(C)C1)C(=O)NCCCC(=O)CCC(NC(=O)c1ccc(CCc2cnc3nc(N)[nH]c(=O)c3n2)cc1)C(=O)O. The molecule has 4 rings (SSSR count). The monoisotopic (exact) mass is 823 g/mol. The number of carbonyl (C=O) groups is 6. The molecule has 1 aromatic carbocycles. The molecule has 320 valence electrons. The Labute approximate surface area is 340 Å². The quantitative estimate of drug-likeness (QED) is 0.0713. The maximum Gasteiger partial charge on any atom is 0.408 e. The summed E-state index contributed by atoms with van der Waals surface area (Å²) in [4.78, 5) is 102. The smallest absolute Gasteiger partial charge is 0.408 e. The standard InChI is InChI=1S/C39H53N9O11/c1-21(58-35(55)22(2)59-37(56)44-26-18-38(3,4)48(57)39(5,6)19-26)31(50)41-17-7-8-27(49)15-16-28(34(53)54)45-32(51)24-12-9-23(10-13-24)11-14-25-20-42-30-29(43-25)33(52)47-36(40)46-30/h9-10,12-13,20-22,26,28,57H,7-8,11,14-19H2,1-6H3,(H,41,50)(H,44,56)(H,45,51)(H,53,54)(H3,40,42,46,47,52). The van der Waals surface area contributed by atoms with E-state index in [-0.39, 0.29) is 66.7 Å². The van der Waals surface area contributed by atoms with Gasteiger partial charge in [-0.1, -0.05) is 12.1 Å². The summed E-state index contributed by atoms with van der Waals surface area (Å²) in [5.41, 5.74) is 5.67. The van der Waals surface area contributed by atoms with Crippen molar-refractivity contribution in [1.29, 1.82) is 0 Å². The number of carboxylic acids is 1. The van der Waals surface area contributed by atoms with Crippen LogP contribution < -0.4 is 27.2 Å². The molecule has 3 heterocycles. The summed E-state index contributed by atoms with van der Waals surface area (Å²) in [6.45, 7) is 10.1. The van der Waals surface area contributed by atoms with Crippen molar-refractivity contribution in [2.24, 2.45) is 0 Å². The number of ether oxygens (including phenoxy) is 2. The van der Waals surface area contributed by atoms with Gasteiger partial charge in [-0.15, -0.1) is 0 Å². The number of aliphatic carboxylic acids is 1. The molecule has 3 atom stereocenters. The van der Waals surface area contributed by atoms with Gasteiger partial charge in [0.15, 0.2) is 23.4 Å². The van der Waals surface area contributed by atoms with Crippen LogP contribution in [0.5, 0.6) is 0 Å². The Kier molecular flexibility index (Phi) is 15.2. The van der Waals surface area contributed by atoms with Gasteiger partial charge in [0, 0.05) is 42.1 Å². The Balaban J connectivity index is 1.12. The number of aryl methyl sites for hydroxylation is 2. The fourth-order valence-corrected chi connectivity index (χ4v) is 6.86. The zero-order valence-electron chi connectivity index (χ0n) is 34.0. The fraction of sp³-hybridized carbons (Fsp3) is 0.538. The number of rotatable bonds is 18. The second kappa shape index (κ2) is 19.6. The summed E-state index contributed by atoms with van der Waals surface area (Å²) in [5, 5.41) is 29.2. The van der Waals surface area contributed by atoms with E-state index in [1.807, 2.05) is 27.7 Å². The molecule has 0 bridgehead atoms. The molecular weight excluding hydrogens is 770 g/mol. The molecule has 59 heavy (non-hydrogen) atoms. The first-order chi connectivity index (χ1) is 27.6. The van der Waals surface area contributed by atoms with Crippen molar-refractivity contribution >= 4 is 52.7 Å². The zero-order chi connectivity index (χ0) is 43.7. The van der Waals surface area contributed by atoms with Crippen molar-refractivity contribution in [1.82, 2.24) is 40.9 Å². The first-order valence-electron chi connectivity index (χ1n) is 19.3. The summed E-state index contributed by atoms with van der Waals surface area (Å²) in [5.74, 6) is -3.83. The highest BCUT2D eigenvalue weighted by Gasteiger charge is 2.45. The number of carboxylic acid groups (broad SMARTS) is 1. The molecular formula is C39H53N9O11. The van der Waals surface area contributed by atoms with Crippen molar-refractivity contribution in [3.05, 3.63) is 57.6 Å². The van der Waals surface area contributed by atoms with Gasteiger partial charge in [0.1, 0.15) is 11.8 Å². The molecule has 8 N–H and O–H groups in total. The van der Waals surface area contributed by atoms with E-state index in [1.54, 1.807) is 24.3 Å². The number of Topliss-reactive ketones (excluding diaryl/α,β-unsaturated/α-hetero) is 1. The first-order valence-corrected chi connectivity index (χ1v) is 19.3. The number of amides is 3. The third-order valence-electron chi connectivity index (χ3n) is 9.86. The predicted octanol–water partition coefficient (Wildman–Crippen LogP) is 1.97. The summed E-state index contributed by atoms with van der Waals surface area (Å²) >= 11 is 0. The van der Waals surface area contributed by atoms with Crippen LogP contribution in [-0.2, 0) is 41.5 Å². The minimum atomic E-state index is -1.32. The van der Waals surface area contributed by atoms with Crippen LogP contribution >= 0.6 is 0 Å². The van der Waals surface area contributed by atoms with Gasteiger partial charge in [-0.3, -0.25) is 24.2 Å². The molecule has 3 amide bonds. The number of nitrogens with zero attached hydrogens (tertiary/aromatic N) is 4. The highest BCUT2D eigenvalue weighted by Crippen LogP contribution is 2.36. The van der Waals surface area contributed by atoms with Crippen LogP contribution in [0, 0.1) is 0 Å². The fourth-order valence-electron chi connectivity index (χ4n) is 6.86. The number of hydrogen-bond donors (Lipinski definition) is 7. The molecule has 1 saturated heterocycles. The van der Waals surface area contributed by atoms with Crippen LogP contribution in [0.15, 0.2) is 35.3 Å². The van der Waals surface area contributed by atoms with Crippen molar-refractivity contribution < 1.29 is 48.6 Å². The molecule has 1 aliphatic rings. The maximum absolute atomic E-state index is 12.8. The molecule has 0 spiro atoms. The van der Waals surface area contributed by atoms with E-state index < -0.39 is 64.7 Å². The van der Waals surface area contributed by atoms with Crippen LogP contribution in [-0.4, -0.2) is 113 Å². The third kappa shape index (κ3) is 13.0. The average molecular weight is 824 g/mol. The number of aromatic nitrogens is 4. The minimum Gasteiger partial charge on any atom is -0.480 e. The van der Waals surface area contributed by atoms with Gasteiger partial charge in [-0.25, -0.2) is 24.4 Å². The van der Waals surface area contributed by atoms with Gasteiger partial charge >= 0.3 is 18.0 Å². The average Bonchev–Trinajstić information content (AvgIpc) is 3.15. The molecule has 1 fully saturated rings. The molecule has 3 aromatic rings. The second-order valence-electron chi connectivity index (χ2n) is 15.8. The Bertz CT molecular complexity index is 2070. The zero-order valence-corrected chi connectivity index (χ0v) is 34.0. The number of anilines is 1. The molecule has 0 saturated carbocycles. The number of esters is 1. The molecule has 3 unspecified atom stereocenters. The Hall–Kier alpha value is -6.02. The van der Waals surface area contributed by atoms with Gasteiger partial charge in [0.2, 0.25) is 5.95 Å². The van der Waals surface area contributed by atoms with Gasteiger partial charge in [0.05, 0.1) is 11.9 Å². The van der Waals surface area contributed by atoms with E-state index in [9.17, 15) is 43.9 Å². The lowest BCUT2D eigenvalue weighted by atomic mass is 9.79. The number of alkyl carbamates (subject to hydrolysis) is 1. The van der Waals surface area contributed by atoms with Crippen LogP contribution in [0.3, 0.4) is 0 Å². The number of benzene rings is 1. The maximum atomic E-state index is 12.8. The van der Waals surface area contributed by atoms with Crippen LogP contribution in [0.2, 0.25) is 0 Å². The molecule has 1 aliphatic heterocycles. The van der Waals surface area contributed by atoms with E-state index in [0.29, 0.717) is 31.4 Å². The van der Waals surface area contributed by atoms with Crippen LogP contribution in [0.25, 0.3) is 11.2 Å². The lowest BCUT2D eigenvalue weighted by molar-refractivity contribution is -0.245. The number of hydrogen-bond acceptors (Lipinski definition) is 15. The highest BCUT2D eigenvalue weighted by atomic mass is 16.6. The number of aromatic amines is 1. The molecule has 2 aromatic heterocycles. The predicted molar refractivity (Wildman–Crippen MR) is 211 cm³/mol. The van der Waals surface area contributed by atoms with Crippen molar-refractivity contribution in [3.8, 4) is 0 Å². The summed E-state index contributed by atoms with van der Waals surface area (Å²) < 4.78 is 10.3. The summed E-state index contributed by atoms with van der Waals surface area (Å²) in [6, 6.07) is 4.88. The Morgan fingerprint density at radius 3 is 2.27 bits per heavy atom. The van der Waals surface area contributed by atoms with Crippen molar-refractivity contribution in [3.63, 3.8) is 0 Å². The number of nitrogens with two attached hydrogens (primary N) is 1. The van der Waals surface area contributed by atoms with Gasteiger partial charge < -0.3 is 41.5 Å². The number of carbonyl (C=O) groups excluding carboxylic acids is 5. The second-order valence-corrected chi connectivity index (χ2v) is 15.8. The lowest BCUT2D eigenvalue weighted by Gasteiger charge is -2.51. The molecule has 20 nitrogen and oxygen atoms in total. The first kappa shape index (κ1) is 45.7. The number of H-pyrrole nitrogens is 1. The molecule has 0 radical (unpaired) electrons. The number of hydroxylamine groups is 2. The number of piperidine rings is 1. The van der Waals surface area contributed by atoms with Crippen molar-refractivity contribution in [2.45, 2.75) is 128 Å². The molecule has 20 heteroatoms. The van der Waals surface area contributed by atoms with E-state index in [2.05, 4.69) is 35.9 Å². The van der Waals surface area contributed by atoms with Crippen LogP contribution in [0.1, 0.15) is 102 Å². The van der Waals surface area contributed by atoms with E-state index in [1.165, 1.54) is 25.1 Å². The minimum absolute atomic E-state index is 0.0225. The summed E-state index contributed by atoms with van der Waals surface area (Å²) in [6.07, 6.45) is -0.0639. The highest BCUT2D eigenvalue weighted by molar-refractivity contribution is 5.96. The largest absolute Gasteiger partial charge is 0.480 e. The summed E-state index contributed by atoms with van der Waals surface area (Å²) in [7, 11) is 0. The van der Waals surface area contributed by atoms with E-state index in [0.717, 1.165) is 5.56 Å². The van der Waals surface area contributed by atoms with Gasteiger partial charge in [-0.2, -0.15) is 10.0 Å². The normalized spacial score (nSPS) is 16.6. The number of nitrogens with one attached hydrogen (secondary N) is 4. The Morgan fingerprint density at radius 1 is 0.966 bits per heavy atom. The van der Waals surface area contributed by atoms with Gasteiger partial charge in [-0.05, 0) is 97.8 Å². The van der Waals surface area contributed by atoms with E-state index >= 15 is 0 Å². The lowest BCUT2D eigenvalue weighted by Crippen LogP contribution is -2.63. The van der Waals surface area contributed by atoms with Crippen molar-refractivity contribution in [2.75, 3.05) is 12.3 Å². The number of ketones is 1.